The van der Waals surface area contributed by atoms with Gasteiger partial charge in [0.2, 0.25) is 5.91 Å². The predicted octanol–water partition coefficient (Wildman–Crippen LogP) is 4.18. The lowest BCUT2D eigenvalue weighted by atomic mass is 9.74. The lowest BCUT2D eigenvalue weighted by Gasteiger charge is -2.39. The quantitative estimate of drug-likeness (QED) is 0.721. The van der Waals surface area contributed by atoms with Gasteiger partial charge in [-0.15, -0.1) is 11.3 Å². The smallest absolute Gasteiger partial charge is 0.223 e. The second-order valence-electron chi connectivity index (χ2n) is 8.53. The maximum Gasteiger partial charge on any atom is 0.223 e. The molecule has 0 aliphatic carbocycles. The minimum Gasteiger partial charge on any atom is -0.381 e. The Labute approximate surface area is 187 Å². The van der Waals surface area contributed by atoms with E-state index in [4.69, 9.17) is 16.3 Å². The summed E-state index contributed by atoms with van der Waals surface area (Å²) in [6, 6.07) is 8.06. The zero-order chi connectivity index (χ0) is 21.0. The average Bonchev–Trinajstić information content (AvgIpc) is 3.18. The summed E-state index contributed by atoms with van der Waals surface area (Å²) in [5.74, 6) is 0.279. The number of hydrogen-bond acceptors (Lipinski definition) is 5. The van der Waals surface area contributed by atoms with Crippen molar-refractivity contribution in [3.63, 3.8) is 0 Å². The Hall–Kier alpha value is -1.47. The fraction of sp³-hybridized carbons (Fsp3) is 0.565. The van der Waals surface area contributed by atoms with Crippen molar-refractivity contribution >= 4 is 28.8 Å². The van der Waals surface area contributed by atoms with Crippen molar-refractivity contribution in [2.75, 3.05) is 32.8 Å². The molecule has 1 amide bonds. The van der Waals surface area contributed by atoms with Gasteiger partial charge in [0.05, 0.1) is 10.7 Å². The van der Waals surface area contributed by atoms with E-state index in [0.29, 0.717) is 6.54 Å². The van der Waals surface area contributed by atoms with Gasteiger partial charge < -0.3 is 10.1 Å². The van der Waals surface area contributed by atoms with E-state index in [0.717, 1.165) is 74.3 Å². The van der Waals surface area contributed by atoms with Crippen molar-refractivity contribution in [3.8, 4) is 0 Å². The summed E-state index contributed by atoms with van der Waals surface area (Å²) in [6.45, 7) is 6.90. The van der Waals surface area contributed by atoms with Gasteiger partial charge in [-0.05, 0) is 63.4 Å². The first kappa shape index (κ1) is 21.8. The lowest BCUT2D eigenvalue weighted by Crippen LogP contribution is -2.47. The van der Waals surface area contributed by atoms with Crippen LogP contribution in [0.2, 0.25) is 5.02 Å². The molecule has 2 aromatic rings. The summed E-state index contributed by atoms with van der Waals surface area (Å²) < 4.78 is 5.61. The molecule has 5 nitrogen and oxygen atoms in total. The van der Waals surface area contributed by atoms with Crippen LogP contribution in [0.3, 0.4) is 0 Å². The van der Waals surface area contributed by atoms with Crippen LogP contribution in [0.4, 0.5) is 0 Å². The third-order valence-electron chi connectivity index (χ3n) is 6.50. The van der Waals surface area contributed by atoms with E-state index in [2.05, 4.69) is 26.6 Å². The first-order valence-electron chi connectivity index (χ1n) is 10.8. The van der Waals surface area contributed by atoms with E-state index in [1.165, 1.54) is 5.56 Å². The molecule has 0 bridgehead atoms. The summed E-state index contributed by atoms with van der Waals surface area (Å²) in [5, 5.41) is 7.27. The summed E-state index contributed by atoms with van der Waals surface area (Å²) in [4.78, 5) is 19.9. The van der Waals surface area contributed by atoms with Crippen molar-refractivity contribution < 1.29 is 9.53 Å². The number of benzene rings is 1. The van der Waals surface area contributed by atoms with Crippen molar-refractivity contribution in [2.24, 2.45) is 5.92 Å². The molecule has 1 aromatic heterocycles. The van der Waals surface area contributed by atoms with E-state index >= 15 is 0 Å². The fourth-order valence-electron chi connectivity index (χ4n) is 4.61. The molecule has 162 valence electrons. The van der Waals surface area contributed by atoms with Crippen molar-refractivity contribution in [1.82, 2.24) is 15.2 Å². The first-order valence-corrected chi connectivity index (χ1v) is 12.0. The average molecular weight is 448 g/mol. The minimum absolute atomic E-state index is 0.0923. The maximum absolute atomic E-state index is 13.0. The van der Waals surface area contributed by atoms with Gasteiger partial charge >= 0.3 is 0 Å². The summed E-state index contributed by atoms with van der Waals surface area (Å²) in [5.41, 5.74) is 2.25. The molecule has 0 saturated carbocycles. The number of carbonyl (C=O) groups excluding carboxylic acids is 1. The number of amides is 1. The van der Waals surface area contributed by atoms with Gasteiger partial charge in [-0.2, -0.15) is 0 Å². The summed E-state index contributed by atoms with van der Waals surface area (Å²) in [7, 11) is 0. The lowest BCUT2D eigenvalue weighted by molar-refractivity contribution is -0.127. The molecule has 0 radical (unpaired) electrons. The number of nitrogens with one attached hydrogen (secondary N) is 1. The molecular formula is C23H30ClN3O2S. The summed E-state index contributed by atoms with van der Waals surface area (Å²) >= 11 is 7.95. The number of rotatable bonds is 6. The second-order valence-corrected chi connectivity index (χ2v) is 10.0. The van der Waals surface area contributed by atoms with Crippen molar-refractivity contribution in [1.29, 1.82) is 0 Å². The van der Waals surface area contributed by atoms with E-state index in [-0.39, 0.29) is 17.2 Å². The third-order valence-corrected chi connectivity index (χ3v) is 7.56. The molecule has 1 aromatic carbocycles. The van der Waals surface area contributed by atoms with Crippen LogP contribution in [0.25, 0.3) is 0 Å². The molecule has 2 saturated heterocycles. The van der Waals surface area contributed by atoms with Gasteiger partial charge in [-0.1, -0.05) is 23.7 Å². The number of aryl methyl sites for hydroxylation is 1. The van der Waals surface area contributed by atoms with Gasteiger partial charge in [-0.25, -0.2) is 4.98 Å². The highest BCUT2D eigenvalue weighted by Gasteiger charge is 2.36. The Morgan fingerprint density at radius 2 is 2.10 bits per heavy atom. The molecule has 7 heteroatoms. The molecule has 0 atom stereocenters. The van der Waals surface area contributed by atoms with E-state index in [9.17, 15) is 4.79 Å². The standard InChI is InChI=1S/C23H30ClN3O2S/c1-17-26-21(15-30-17)14-27-9-5-18(6-10-27)22(28)25-16-23(7-11-29-12-8-23)19-3-2-4-20(24)13-19/h2-4,13,15,18H,5-12,14,16H2,1H3,(H,25,28). The molecule has 2 aliphatic rings. The predicted molar refractivity (Wildman–Crippen MR) is 121 cm³/mol. The number of nitrogens with zero attached hydrogens (tertiary/aromatic N) is 2. The van der Waals surface area contributed by atoms with Crippen molar-refractivity contribution in [2.45, 2.75) is 44.6 Å². The molecule has 3 heterocycles. The molecule has 2 fully saturated rings. The molecule has 2 aliphatic heterocycles. The Balaban J connectivity index is 1.32. The van der Waals surface area contributed by atoms with E-state index in [1.807, 2.05) is 25.1 Å². The summed E-state index contributed by atoms with van der Waals surface area (Å²) in [6.07, 6.45) is 3.61. The monoisotopic (exact) mass is 447 g/mol. The molecule has 0 spiro atoms. The number of ether oxygens (including phenoxy) is 1. The van der Waals surface area contributed by atoms with Gasteiger partial charge in [0.15, 0.2) is 0 Å². The SMILES string of the molecule is Cc1nc(CN2CCC(C(=O)NCC3(c4cccc(Cl)c4)CCOCC3)CC2)cs1. The topological polar surface area (TPSA) is 54.5 Å². The number of likely N-dealkylation sites (tertiary alicyclic amines) is 1. The number of piperidine rings is 1. The largest absolute Gasteiger partial charge is 0.381 e. The van der Waals surface area contributed by atoms with Gasteiger partial charge in [0.25, 0.3) is 0 Å². The number of aromatic nitrogens is 1. The van der Waals surface area contributed by atoms with Crippen molar-refractivity contribution in [3.05, 3.63) is 50.9 Å². The molecule has 4 rings (SSSR count). The van der Waals surface area contributed by atoms with Crippen LogP contribution in [0, 0.1) is 12.8 Å². The Bertz CT molecular complexity index is 858. The molecule has 30 heavy (non-hydrogen) atoms. The highest BCUT2D eigenvalue weighted by molar-refractivity contribution is 7.09. The van der Waals surface area contributed by atoms with Crippen LogP contribution in [0.1, 0.15) is 41.9 Å². The van der Waals surface area contributed by atoms with E-state index < -0.39 is 0 Å². The van der Waals surface area contributed by atoms with Gasteiger partial charge in [0, 0.05) is 48.0 Å². The van der Waals surface area contributed by atoms with Gasteiger partial charge in [-0.3, -0.25) is 9.69 Å². The fourth-order valence-corrected chi connectivity index (χ4v) is 5.41. The van der Waals surface area contributed by atoms with Crippen LogP contribution in [-0.2, 0) is 21.5 Å². The molecular weight excluding hydrogens is 418 g/mol. The Morgan fingerprint density at radius 3 is 2.77 bits per heavy atom. The number of thiazole rings is 1. The number of hydrogen-bond donors (Lipinski definition) is 1. The van der Waals surface area contributed by atoms with Crippen LogP contribution < -0.4 is 5.32 Å². The Morgan fingerprint density at radius 1 is 1.33 bits per heavy atom. The number of halogens is 1. The zero-order valence-corrected chi connectivity index (χ0v) is 19.1. The normalized spacial score (nSPS) is 20.2. The van der Waals surface area contributed by atoms with Gasteiger partial charge in [0.1, 0.15) is 0 Å². The minimum atomic E-state index is -0.0952. The Kier molecular flexibility index (Phi) is 7.08. The van der Waals surface area contributed by atoms with E-state index in [1.54, 1.807) is 11.3 Å². The maximum atomic E-state index is 13.0. The first-order chi connectivity index (χ1) is 14.5. The van der Waals surface area contributed by atoms with Crippen LogP contribution in [0.5, 0.6) is 0 Å². The molecule has 1 N–H and O–H groups in total. The zero-order valence-electron chi connectivity index (χ0n) is 17.5. The number of carbonyl (C=O) groups is 1. The highest BCUT2D eigenvalue weighted by atomic mass is 35.5. The second kappa shape index (κ2) is 9.77. The van der Waals surface area contributed by atoms with Crippen LogP contribution in [0.15, 0.2) is 29.6 Å². The third kappa shape index (κ3) is 5.22. The van der Waals surface area contributed by atoms with Crippen LogP contribution >= 0.6 is 22.9 Å². The highest BCUT2D eigenvalue weighted by Crippen LogP contribution is 2.35. The van der Waals surface area contributed by atoms with Crippen LogP contribution in [-0.4, -0.2) is 48.6 Å². The molecule has 0 unspecified atom stereocenters.